The van der Waals surface area contributed by atoms with Crippen LogP contribution >= 0.6 is 0 Å². The topological polar surface area (TPSA) is 99.0 Å². The molecule has 0 bridgehead atoms. The third-order valence-corrected chi connectivity index (χ3v) is 7.43. The molecule has 38 heavy (non-hydrogen) atoms. The summed E-state index contributed by atoms with van der Waals surface area (Å²) in [5.41, 5.74) is 4.43. The van der Waals surface area contributed by atoms with Crippen molar-refractivity contribution in [3.8, 4) is 0 Å². The first kappa shape index (κ1) is 25.4. The molecule has 0 radical (unpaired) electrons. The van der Waals surface area contributed by atoms with Crippen molar-refractivity contribution < 1.29 is 17.6 Å². The highest BCUT2D eigenvalue weighted by Crippen LogP contribution is 2.38. The Morgan fingerprint density at radius 3 is 2.53 bits per heavy atom. The number of halogens is 1. The normalized spacial score (nSPS) is 14.5. The maximum Gasteiger partial charge on any atom is 0.258 e. The summed E-state index contributed by atoms with van der Waals surface area (Å²) in [6.45, 7) is 0.875. The Hall–Kier alpha value is -4.22. The van der Waals surface area contributed by atoms with Crippen molar-refractivity contribution >= 4 is 49.9 Å². The molecule has 5 rings (SSSR count). The number of rotatable bonds is 8. The van der Waals surface area contributed by atoms with Gasteiger partial charge in [0.15, 0.2) is 0 Å². The SMILES string of the molecule is CN(C)CCN(c1ccc(N/C(=C2\C(=O)Nc3cc(F)ccc32)c2ccn3ccnc3c2)cc1)S(C)(=O)=O. The van der Waals surface area contributed by atoms with Crippen molar-refractivity contribution in [1.82, 2.24) is 14.3 Å². The zero-order valence-electron chi connectivity index (χ0n) is 21.1. The van der Waals surface area contributed by atoms with E-state index in [0.717, 1.165) is 0 Å². The van der Waals surface area contributed by atoms with E-state index in [2.05, 4.69) is 15.6 Å². The molecule has 2 aromatic carbocycles. The summed E-state index contributed by atoms with van der Waals surface area (Å²) in [4.78, 5) is 19.4. The van der Waals surface area contributed by atoms with Crippen LogP contribution in [0.15, 0.2) is 73.2 Å². The average molecular weight is 535 g/mol. The first-order valence-electron chi connectivity index (χ1n) is 11.9. The van der Waals surface area contributed by atoms with E-state index >= 15 is 0 Å². The molecule has 0 aliphatic carbocycles. The Labute approximate surface area is 220 Å². The van der Waals surface area contributed by atoms with E-state index in [1.54, 1.807) is 36.5 Å². The fraction of sp³-hybridized carbons (Fsp3) is 0.185. The number of hydrogen-bond acceptors (Lipinski definition) is 6. The number of aromatic nitrogens is 2. The minimum Gasteiger partial charge on any atom is -0.354 e. The molecular weight excluding hydrogens is 507 g/mol. The number of anilines is 3. The molecule has 0 spiro atoms. The van der Waals surface area contributed by atoms with Crippen LogP contribution in [0.3, 0.4) is 0 Å². The fourth-order valence-electron chi connectivity index (χ4n) is 4.37. The monoisotopic (exact) mass is 534 g/mol. The lowest BCUT2D eigenvalue weighted by Crippen LogP contribution is -2.35. The maximum absolute atomic E-state index is 13.9. The predicted octanol–water partition coefficient (Wildman–Crippen LogP) is 3.73. The number of likely N-dealkylation sites (N-methyl/N-ethyl adjacent to an activating group) is 1. The van der Waals surface area contributed by atoms with Gasteiger partial charge in [0.05, 0.1) is 28.9 Å². The second-order valence-corrected chi connectivity index (χ2v) is 11.2. The highest BCUT2D eigenvalue weighted by molar-refractivity contribution is 7.92. The zero-order chi connectivity index (χ0) is 27.0. The minimum atomic E-state index is -3.48. The van der Waals surface area contributed by atoms with Crippen molar-refractivity contribution in [2.45, 2.75) is 0 Å². The first-order chi connectivity index (χ1) is 18.1. The third kappa shape index (κ3) is 5.11. The quantitative estimate of drug-likeness (QED) is 0.334. The molecule has 0 unspecified atom stereocenters. The van der Waals surface area contributed by atoms with Gasteiger partial charge in [0.1, 0.15) is 11.5 Å². The fourth-order valence-corrected chi connectivity index (χ4v) is 5.29. The molecule has 3 heterocycles. The number of pyridine rings is 1. The second kappa shape index (κ2) is 9.92. The lowest BCUT2D eigenvalue weighted by molar-refractivity contribution is -0.110. The van der Waals surface area contributed by atoms with Gasteiger partial charge in [0, 0.05) is 48.5 Å². The molecule has 2 aromatic heterocycles. The standard InChI is InChI=1S/C27H27FN6O3S/c1-32(2)14-15-34(38(3,36)37)21-7-5-20(6-8-21)30-26(18-10-12-33-13-11-29-24(33)16-18)25-22-9-4-19(28)17-23(22)31-27(25)35/h4-13,16-17,30H,14-15H2,1-3H3,(H,31,35)/b26-25-. The zero-order valence-corrected chi connectivity index (χ0v) is 22.0. The van der Waals surface area contributed by atoms with E-state index in [0.29, 0.717) is 58.2 Å². The van der Waals surface area contributed by atoms with E-state index < -0.39 is 15.8 Å². The van der Waals surface area contributed by atoms with Crippen LogP contribution in [-0.2, 0) is 14.8 Å². The number of benzene rings is 2. The van der Waals surface area contributed by atoms with Crippen LogP contribution in [0.1, 0.15) is 11.1 Å². The Kier molecular flexibility index (Phi) is 6.64. The van der Waals surface area contributed by atoms with Gasteiger partial charge in [-0.25, -0.2) is 17.8 Å². The van der Waals surface area contributed by atoms with Gasteiger partial charge in [-0.1, -0.05) is 0 Å². The van der Waals surface area contributed by atoms with Gasteiger partial charge in [0.25, 0.3) is 5.91 Å². The molecule has 2 N–H and O–H groups in total. The van der Waals surface area contributed by atoms with Gasteiger partial charge in [-0.2, -0.15) is 0 Å². The van der Waals surface area contributed by atoms with Gasteiger partial charge in [-0.05, 0) is 68.7 Å². The van der Waals surface area contributed by atoms with Crippen molar-refractivity contribution in [1.29, 1.82) is 0 Å². The number of nitrogens with one attached hydrogen (secondary N) is 2. The summed E-state index contributed by atoms with van der Waals surface area (Å²) in [7, 11) is 0.287. The van der Waals surface area contributed by atoms with Crippen molar-refractivity contribution in [3.63, 3.8) is 0 Å². The van der Waals surface area contributed by atoms with Crippen LogP contribution in [0.4, 0.5) is 21.5 Å². The Bertz CT molecular complexity index is 1660. The first-order valence-corrected chi connectivity index (χ1v) is 13.7. The molecule has 0 saturated carbocycles. The van der Waals surface area contributed by atoms with E-state index in [9.17, 15) is 17.6 Å². The van der Waals surface area contributed by atoms with Crippen molar-refractivity contribution in [3.05, 3.63) is 90.1 Å². The molecule has 4 aromatic rings. The van der Waals surface area contributed by atoms with E-state index in [-0.39, 0.29) is 5.91 Å². The number of carbonyl (C=O) groups is 1. The molecule has 9 nitrogen and oxygen atoms in total. The highest BCUT2D eigenvalue weighted by atomic mass is 32.2. The van der Waals surface area contributed by atoms with Gasteiger partial charge in [-0.3, -0.25) is 9.10 Å². The van der Waals surface area contributed by atoms with E-state index in [4.69, 9.17) is 0 Å². The summed E-state index contributed by atoms with van der Waals surface area (Å²) in [5.74, 6) is -0.807. The number of fused-ring (bicyclic) bond motifs is 2. The molecule has 1 amide bonds. The lowest BCUT2D eigenvalue weighted by atomic mass is 10.0. The highest BCUT2D eigenvalue weighted by Gasteiger charge is 2.29. The lowest BCUT2D eigenvalue weighted by Gasteiger charge is -2.24. The van der Waals surface area contributed by atoms with Crippen molar-refractivity contribution in [2.75, 3.05) is 48.4 Å². The number of nitrogens with zero attached hydrogens (tertiary/aromatic N) is 4. The summed E-state index contributed by atoms with van der Waals surface area (Å²) >= 11 is 0. The van der Waals surface area contributed by atoms with Gasteiger partial charge >= 0.3 is 0 Å². The van der Waals surface area contributed by atoms with Crippen LogP contribution in [0.5, 0.6) is 0 Å². The molecule has 11 heteroatoms. The predicted molar refractivity (Wildman–Crippen MR) is 148 cm³/mol. The summed E-state index contributed by atoms with van der Waals surface area (Å²) in [5, 5.41) is 6.09. The van der Waals surface area contributed by atoms with Gasteiger partial charge in [0.2, 0.25) is 10.0 Å². The largest absolute Gasteiger partial charge is 0.354 e. The minimum absolute atomic E-state index is 0.311. The second-order valence-electron chi connectivity index (χ2n) is 9.31. The summed E-state index contributed by atoms with van der Waals surface area (Å²) in [6, 6.07) is 14.9. The average Bonchev–Trinajstić information content (AvgIpc) is 3.45. The number of amides is 1. The molecular formula is C27H27FN6O3S. The molecule has 0 fully saturated rings. The van der Waals surface area contributed by atoms with E-state index in [1.807, 2.05) is 47.9 Å². The molecule has 196 valence electrons. The van der Waals surface area contributed by atoms with Gasteiger partial charge in [-0.15, -0.1) is 0 Å². The summed E-state index contributed by atoms with van der Waals surface area (Å²) in [6.07, 6.45) is 6.53. The molecule has 0 saturated heterocycles. The Balaban J connectivity index is 1.56. The number of hydrogen-bond donors (Lipinski definition) is 2. The number of carbonyl (C=O) groups excluding carboxylic acids is 1. The molecule has 1 aliphatic heterocycles. The number of sulfonamides is 1. The van der Waals surface area contributed by atoms with Crippen LogP contribution in [-0.4, -0.2) is 62.1 Å². The third-order valence-electron chi connectivity index (χ3n) is 6.24. The number of imidazole rings is 1. The van der Waals surface area contributed by atoms with Gasteiger partial charge < -0.3 is 19.9 Å². The maximum atomic E-state index is 13.9. The van der Waals surface area contributed by atoms with Crippen LogP contribution < -0.4 is 14.9 Å². The van der Waals surface area contributed by atoms with Crippen molar-refractivity contribution in [2.24, 2.45) is 0 Å². The van der Waals surface area contributed by atoms with E-state index in [1.165, 1.54) is 22.7 Å². The molecule has 1 aliphatic rings. The van der Waals surface area contributed by atoms with Crippen LogP contribution in [0.2, 0.25) is 0 Å². The Morgan fingerprint density at radius 2 is 1.82 bits per heavy atom. The van der Waals surface area contributed by atoms with Crippen LogP contribution in [0.25, 0.3) is 16.9 Å². The smallest absolute Gasteiger partial charge is 0.258 e. The Morgan fingerprint density at radius 1 is 1.05 bits per heavy atom. The van der Waals surface area contributed by atoms with Crippen LogP contribution in [0, 0.1) is 5.82 Å². The summed E-state index contributed by atoms with van der Waals surface area (Å²) < 4.78 is 41.9. The molecule has 0 atom stereocenters.